The van der Waals surface area contributed by atoms with Crippen LogP contribution in [-0.2, 0) is 14.3 Å². The first-order valence-electron chi connectivity index (χ1n) is 11.2. The molecule has 0 spiro atoms. The van der Waals surface area contributed by atoms with E-state index in [0.717, 1.165) is 6.42 Å². The van der Waals surface area contributed by atoms with Crippen molar-refractivity contribution in [3.05, 3.63) is 0 Å². The van der Waals surface area contributed by atoms with E-state index in [0.29, 0.717) is 19.4 Å². The Hall–Kier alpha value is -0.610. The highest BCUT2D eigenvalue weighted by molar-refractivity contribution is 5.70. The Bertz CT molecular complexity index is 367. The van der Waals surface area contributed by atoms with Crippen LogP contribution in [0.2, 0.25) is 0 Å². The van der Waals surface area contributed by atoms with Crippen molar-refractivity contribution in [1.29, 1.82) is 0 Å². The molecule has 0 saturated heterocycles. The maximum atomic E-state index is 11.3. The predicted octanol–water partition coefficient (Wildman–Crippen LogP) is 6.19. The summed E-state index contributed by atoms with van der Waals surface area (Å²) in [6, 6.07) is 0. The molecular weight excluding hydrogens is 340 g/mol. The van der Waals surface area contributed by atoms with Crippen LogP contribution in [0.1, 0.15) is 118 Å². The van der Waals surface area contributed by atoms with Gasteiger partial charge in [0.15, 0.2) is 0 Å². The minimum atomic E-state index is -0.569. The van der Waals surface area contributed by atoms with E-state index in [1.165, 1.54) is 64.2 Å². The zero-order valence-corrected chi connectivity index (χ0v) is 18.8. The third-order valence-corrected chi connectivity index (χ3v) is 5.49. The Kier molecular flexibility index (Phi) is 15.0. The molecule has 0 heterocycles. The summed E-state index contributed by atoms with van der Waals surface area (Å²) in [4.78, 5) is 11.3. The van der Waals surface area contributed by atoms with Crippen molar-refractivity contribution < 1.29 is 19.4 Å². The van der Waals surface area contributed by atoms with Crippen LogP contribution < -0.4 is 0 Å². The second-order valence-electron chi connectivity index (χ2n) is 8.73. The summed E-state index contributed by atoms with van der Waals surface area (Å²) in [6.07, 6.45) is 15.9. The van der Waals surface area contributed by atoms with Crippen molar-refractivity contribution in [2.75, 3.05) is 13.2 Å². The SMILES string of the molecule is CCCCCCCCCCCCC(C)(C)OCCC(C)(CC)OC(=O)CO. The maximum Gasteiger partial charge on any atom is 0.332 e. The molecule has 4 nitrogen and oxygen atoms in total. The van der Waals surface area contributed by atoms with Crippen LogP contribution in [0.15, 0.2) is 0 Å². The minimum Gasteiger partial charge on any atom is -0.458 e. The molecule has 27 heavy (non-hydrogen) atoms. The summed E-state index contributed by atoms with van der Waals surface area (Å²) in [7, 11) is 0. The Balaban J connectivity index is 3.80. The lowest BCUT2D eigenvalue weighted by molar-refractivity contribution is -0.164. The van der Waals surface area contributed by atoms with Gasteiger partial charge < -0.3 is 14.6 Å². The molecule has 0 saturated carbocycles. The summed E-state index contributed by atoms with van der Waals surface area (Å²) in [6.45, 7) is 10.4. The molecule has 1 N–H and O–H groups in total. The van der Waals surface area contributed by atoms with Crippen LogP contribution in [0.5, 0.6) is 0 Å². The molecule has 0 aliphatic rings. The minimum absolute atomic E-state index is 0.143. The molecule has 0 amide bonds. The van der Waals surface area contributed by atoms with Crippen LogP contribution in [0, 0.1) is 0 Å². The topological polar surface area (TPSA) is 55.8 Å². The van der Waals surface area contributed by atoms with Crippen molar-refractivity contribution in [1.82, 2.24) is 0 Å². The number of hydrogen-bond donors (Lipinski definition) is 1. The Labute approximate surface area is 168 Å². The first-order valence-corrected chi connectivity index (χ1v) is 11.2. The van der Waals surface area contributed by atoms with Crippen LogP contribution in [-0.4, -0.2) is 35.5 Å². The third kappa shape index (κ3) is 15.0. The van der Waals surface area contributed by atoms with Crippen molar-refractivity contribution in [3.63, 3.8) is 0 Å². The van der Waals surface area contributed by atoms with Gasteiger partial charge >= 0.3 is 5.97 Å². The molecule has 0 aliphatic heterocycles. The zero-order valence-electron chi connectivity index (χ0n) is 18.8. The van der Waals surface area contributed by atoms with E-state index < -0.39 is 18.2 Å². The molecule has 0 radical (unpaired) electrons. The molecule has 0 aliphatic carbocycles. The molecule has 4 heteroatoms. The lowest BCUT2D eigenvalue weighted by Gasteiger charge is -2.31. The van der Waals surface area contributed by atoms with E-state index in [-0.39, 0.29) is 5.60 Å². The van der Waals surface area contributed by atoms with Gasteiger partial charge in [-0.15, -0.1) is 0 Å². The second kappa shape index (κ2) is 15.3. The highest BCUT2D eigenvalue weighted by Gasteiger charge is 2.28. The molecule has 0 aromatic heterocycles. The number of esters is 1. The first kappa shape index (κ1) is 26.4. The van der Waals surface area contributed by atoms with Gasteiger partial charge in [-0.05, 0) is 33.6 Å². The molecule has 0 bridgehead atoms. The molecular formula is C23H46O4. The van der Waals surface area contributed by atoms with Crippen molar-refractivity contribution in [2.45, 2.75) is 129 Å². The number of ether oxygens (including phenoxy) is 2. The van der Waals surface area contributed by atoms with Gasteiger partial charge in [0, 0.05) is 6.42 Å². The molecule has 0 aromatic carbocycles. The van der Waals surface area contributed by atoms with E-state index in [1.54, 1.807) is 0 Å². The van der Waals surface area contributed by atoms with Gasteiger partial charge in [-0.1, -0.05) is 78.1 Å². The van der Waals surface area contributed by atoms with Crippen molar-refractivity contribution in [2.24, 2.45) is 0 Å². The van der Waals surface area contributed by atoms with Gasteiger partial charge in [-0.2, -0.15) is 0 Å². The molecule has 0 fully saturated rings. The number of aliphatic hydroxyl groups excluding tert-OH is 1. The zero-order chi connectivity index (χ0) is 20.6. The third-order valence-electron chi connectivity index (χ3n) is 5.49. The van der Waals surface area contributed by atoms with Crippen LogP contribution in [0.4, 0.5) is 0 Å². The molecule has 162 valence electrons. The smallest absolute Gasteiger partial charge is 0.332 e. The fraction of sp³-hybridized carbons (Fsp3) is 0.957. The predicted molar refractivity (Wildman–Crippen MR) is 113 cm³/mol. The quantitative estimate of drug-likeness (QED) is 0.225. The van der Waals surface area contributed by atoms with E-state index in [2.05, 4.69) is 20.8 Å². The Morgan fingerprint density at radius 2 is 1.33 bits per heavy atom. The van der Waals surface area contributed by atoms with E-state index >= 15 is 0 Å². The number of aliphatic hydroxyl groups is 1. The van der Waals surface area contributed by atoms with Gasteiger partial charge in [0.1, 0.15) is 12.2 Å². The summed E-state index contributed by atoms with van der Waals surface area (Å²) in [5, 5.41) is 8.87. The highest BCUT2D eigenvalue weighted by Crippen LogP contribution is 2.24. The van der Waals surface area contributed by atoms with E-state index in [4.69, 9.17) is 14.6 Å². The summed E-state index contributed by atoms with van der Waals surface area (Å²) in [5.74, 6) is -0.566. The van der Waals surface area contributed by atoms with Gasteiger partial charge in [-0.3, -0.25) is 0 Å². The van der Waals surface area contributed by atoms with Crippen molar-refractivity contribution in [3.8, 4) is 0 Å². The Morgan fingerprint density at radius 3 is 1.81 bits per heavy atom. The lowest BCUT2D eigenvalue weighted by Crippen LogP contribution is -2.35. The first-order chi connectivity index (χ1) is 12.8. The van der Waals surface area contributed by atoms with E-state index in [9.17, 15) is 4.79 Å². The molecule has 0 aromatic rings. The highest BCUT2D eigenvalue weighted by atomic mass is 16.6. The van der Waals surface area contributed by atoms with Gasteiger partial charge in [-0.25, -0.2) is 4.79 Å². The monoisotopic (exact) mass is 386 g/mol. The fourth-order valence-electron chi connectivity index (χ4n) is 3.26. The molecule has 1 unspecified atom stereocenters. The molecule has 1 atom stereocenters. The average molecular weight is 387 g/mol. The Morgan fingerprint density at radius 1 is 0.815 bits per heavy atom. The summed E-state index contributed by atoms with van der Waals surface area (Å²) >= 11 is 0. The maximum absolute atomic E-state index is 11.3. The number of hydrogen-bond acceptors (Lipinski definition) is 4. The molecule has 0 rings (SSSR count). The lowest BCUT2D eigenvalue weighted by atomic mass is 9.97. The van der Waals surface area contributed by atoms with E-state index in [1.807, 2.05) is 13.8 Å². The van der Waals surface area contributed by atoms with Gasteiger partial charge in [0.05, 0.1) is 12.2 Å². The number of rotatable bonds is 18. The fourth-order valence-corrected chi connectivity index (χ4v) is 3.26. The second-order valence-corrected chi connectivity index (χ2v) is 8.73. The standard InChI is InChI=1S/C23H46O4/c1-6-8-9-10-11-12-13-14-15-16-17-22(3,4)26-19-18-23(5,7-2)27-21(25)20-24/h24H,6-20H2,1-5H3. The van der Waals surface area contributed by atoms with Crippen LogP contribution in [0.25, 0.3) is 0 Å². The van der Waals surface area contributed by atoms with Gasteiger partial charge in [0.2, 0.25) is 0 Å². The van der Waals surface area contributed by atoms with Crippen molar-refractivity contribution >= 4 is 5.97 Å². The largest absolute Gasteiger partial charge is 0.458 e. The average Bonchev–Trinajstić information content (AvgIpc) is 2.62. The van der Waals surface area contributed by atoms with Crippen LogP contribution >= 0.6 is 0 Å². The summed E-state index contributed by atoms with van der Waals surface area (Å²) in [5.41, 5.74) is -0.706. The summed E-state index contributed by atoms with van der Waals surface area (Å²) < 4.78 is 11.4. The van der Waals surface area contributed by atoms with Gasteiger partial charge in [0.25, 0.3) is 0 Å². The van der Waals surface area contributed by atoms with Crippen LogP contribution in [0.3, 0.4) is 0 Å². The normalized spacial score (nSPS) is 14.1. The number of unbranched alkanes of at least 4 members (excludes halogenated alkanes) is 9. The number of carbonyl (C=O) groups is 1. The number of carbonyl (C=O) groups excluding carboxylic acids is 1.